The van der Waals surface area contributed by atoms with Crippen molar-refractivity contribution < 1.29 is 0 Å². The third kappa shape index (κ3) is 4.11. The first-order valence-electron chi connectivity index (χ1n) is 7.66. The standard InChI is InChI=1S/C16H26ClN3/c1-3-18-9-8-14(2)19-10-12-20(13-11-19)16-7-5-4-6-15(16)17/h4-7,14,18H,3,8-13H2,1-2H3. The molecular formula is C16H26ClN3. The summed E-state index contributed by atoms with van der Waals surface area (Å²) in [5.74, 6) is 0. The second-order valence-corrected chi connectivity index (χ2v) is 5.87. The quantitative estimate of drug-likeness (QED) is 0.814. The summed E-state index contributed by atoms with van der Waals surface area (Å²) >= 11 is 6.28. The van der Waals surface area contributed by atoms with E-state index in [4.69, 9.17) is 11.6 Å². The van der Waals surface area contributed by atoms with Gasteiger partial charge in [0.1, 0.15) is 0 Å². The first-order valence-corrected chi connectivity index (χ1v) is 8.04. The number of rotatable bonds is 6. The van der Waals surface area contributed by atoms with Gasteiger partial charge in [-0.1, -0.05) is 30.7 Å². The molecule has 0 radical (unpaired) electrons. The Morgan fingerprint density at radius 2 is 1.90 bits per heavy atom. The van der Waals surface area contributed by atoms with E-state index in [1.165, 1.54) is 12.1 Å². The fourth-order valence-corrected chi connectivity index (χ4v) is 3.04. The van der Waals surface area contributed by atoms with Crippen molar-refractivity contribution in [2.24, 2.45) is 0 Å². The summed E-state index contributed by atoms with van der Waals surface area (Å²) in [4.78, 5) is 4.99. The monoisotopic (exact) mass is 295 g/mol. The predicted octanol–water partition coefficient (Wildman–Crippen LogP) is 2.85. The van der Waals surface area contributed by atoms with Crippen molar-refractivity contribution in [2.75, 3.05) is 44.2 Å². The molecule has 1 saturated heterocycles. The predicted molar refractivity (Wildman–Crippen MR) is 87.9 cm³/mol. The van der Waals surface area contributed by atoms with Crippen LogP contribution >= 0.6 is 11.6 Å². The normalized spacial score (nSPS) is 18.2. The molecule has 1 heterocycles. The van der Waals surface area contributed by atoms with Gasteiger partial charge in [-0.3, -0.25) is 4.90 Å². The highest BCUT2D eigenvalue weighted by Crippen LogP contribution is 2.26. The lowest BCUT2D eigenvalue weighted by molar-refractivity contribution is 0.188. The summed E-state index contributed by atoms with van der Waals surface area (Å²) in [5, 5.41) is 4.27. The highest BCUT2D eigenvalue weighted by Gasteiger charge is 2.21. The van der Waals surface area contributed by atoms with Crippen LogP contribution in [-0.4, -0.2) is 50.2 Å². The third-order valence-electron chi connectivity index (χ3n) is 4.12. The fraction of sp³-hybridized carbons (Fsp3) is 0.625. The first-order chi connectivity index (χ1) is 9.72. The Balaban J connectivity index is 1.82. The van der Waals surface area contributed by atoms with Crippen LogP contribution in [0.2, 0.25) is 5.02 Å². The van der Waals surface area contributed by atoms with Crippen LogP contribution in [0.4, 0.5) is 5.69 Å². The number of hydrogen-bond acceptors (Lipinski definition) is 3. The summed E-state index contributed by atoms with van der Waals surface area (Å²) in [5.41, 5.74) is 1.18. The molecule has 0 aromatic heterocycles. The van der Waals surface area contributed by atoms with Gasteiger partial charge in [-0.15, -0.1) is 0 Å². The summed E-state index contributed by atoms with van der Waals surface area (Å²) < 4.78 is 0. The summed E-state index contributed by atoms with van der Waals surface area (Å²) in [6.07, 6.45) is 1.22. The van der Waals surface area contributed by atoms with Gasteiger partial charge in [-0.2, -0.15) is 0 Å². The second kappa shape index (κ2) is 7.87. The molecule has 1 N–H and O–H groups in total. The molecule has 1 aromatic rings. The van der Waals surface area contributed by atoms with Crippen molar-refractivity contribution in [2.45, 2.75) is 26.3 Å². The molecule has 112 valence electrons. The van der Waals surface area contributed by atoms with Crippen LogP contribution in [-0.2, 0) is 0 Å². The number of nitrogens with zero attached hydrogens (tertiary/aromatic N) is 2. The minimum absolute atomic E-state index is 0.655. The minimum atomic E-state index is 0.655. The Morgan fingerprint density at radius 1 is 1.20 bits per heavy atom. The molecule has 1 aromatic carbocycles. The molecule has 0 saturated carbocycles. The van der Waals surface area contributed by atoms with Gasteiger partial charge in [0.15, 0.2) is 0 Å². The smallest absolute Gasteiger partial charge is 0.0639 e. The van der Waals surface area contributed by atoms with Crippen LogP contribution in [0, 0.1) is 0 Å². The van der Waals surface area contributed by atoms with Gasteiger partial charge in [0, 0.05) is 32.2 Å². The number of para-hydroxylation sites is 1. The molecule has 0 amide bonds. The molecule has 1 unspecified atom stereocenters. The van der Waals surface area contributed by atoms with E-state index in [0.29, 0.717) is 6.04 Å². The van der Waals surface area contributed by atoms with Crippen molar-refractivity contribution in [1.29, 1.82) is 0 Å². The maximum Gasteiger partial charge on any atom is 0.0639 e. The van der Waals surface area contributed by atoms with Crippen LogP contribution in [0.25, 0.3) is 0 Å². The molecule has 3 nitrogen and oxygen atoms in total. The van der Waals surface area contributed by atoms with E-state index in [1.807, 2.05) is 12.1 Å². The number of halogens is 1. The minimum Gasteiger partial charge on any atom is -0.368 e. The van der Waals surface area contributed by atoms with Gasteiger partial charge in [0.25, 0.3) is 0 Å². The number of hydrogen-bond donors (Lipinski definition) is 1. The Morgan fingerprint density at radius 3 is 2.55 bits per heavy atom. The van der Waals surface area contributed by atoms with E-state index in [2.05, 4.69) is 41.1 Å². The van der Waals surface area contributed by atoms with Crippen LogP contribution < -0.4 is 10.2 Å². The van der Waals surface area contributed by atoms with Gasteiger partial charge < -0.3 is 10.2 Å². The van der Waals surface area contributed by atoms with Gasteiger partial charge in [-0.05, 0) is 38.6 Å². The largest absolute Gasteiger partial charge is 0.368 e. The van der Waals surface area contributed by atoms with E-state index < -0.39 is 0 Å². The maximum absolute atomic E-state index is 6.28. The number of piperazine rings is 1. The Labute approximate surface area is 127 Å². The Kier molecular flexibility index (Phi) is 6.14. The van der Waals surface area contributed by atoms with Crippen molar-refractivity contribution in [3.63, 3.8) is 0 Å². The van der Waals surface area contributed by atoms with E-state index >= 15 is 0 Å². The van der Waals surface area contributed by atoms with Gasteiger partial charge >= 0.3 is 0 Å². The molecule has 1 aliphatic rings. The molecule has 0 bridgehead atoms. The molecule has 2 rings (SSSR count). The van der Waals surface area contributed by atoms with Crippen molar-refractivity contribution in [3.8, 4) is 0 Å². The third-order valence-corrected chi connectivity index (χ3v) is 4.44. The SMILES string of the molecule is CCNCCC(C)N1CCN(c2ccccc2Cl)CC1. The summed E-state index contributed by atoms with van der Waals surface area (Å²) in [6.45, 7) is 11.0. The van der Waals surface area contributed by atoms with Gasteiger partial charge in [0.2, 0.25) is 0 Å². The average molecular weight is 296 g/mol. The Hall–Kier alpha value is -0.770. The highest BCUT2D eigenvalue weighted by atomic mass is 35.5. The molecule has 1 fully saturated rings. The second-order valence-electron chi connectivity index (χ2n) is 5.47. The van der Waals surface area contributed by atoms with Crippen molar-refractivity contribution in [3.05, 3.63) is 29.3 Å². The maximum atomic E-state index is 6.28. The molecule has 4 heteroatoms. The van der Waals surface area contributed by atoms with E-state index in [1.54, 1.807) is 0 Å². The molecule has 20 heavy (non-hydrogen) atoms. The summed E-state index contributed by atoms with van der Waals surface area (Å²) in [6, 6.07) is 8.80. The molecule has 1 aliphatic heterocycles. The van der Waals surface area contributed by atoms with E-state index in [9.17, 15) is 0 Å². The number of anilines is 1. The van der Waals surface area contributed by atoms with E-state index in [-0.39, 0.29) is 0 Å². The zero-order valence-electron chi connectivity index (χ0n) is 12.6. The summed E-state index contributed by atoms with van der Waals surface area (Å²) in [7, 11) is 0. The first kappa shape index (κ1) is 15.6. The zero-order chi connectivity index (χ0) is 14.4. The lowest BCUT2D eigenvalue weighted by atomic mass is 10.1. The van der Waals surface area contributed by atoms with Crippen molar-refractivity contribution >= 4 is 17.3 Å². The van der Waals surface area contributed by atoms with Crippen LogP contribution in [0.15, 0.2) is 24.3 Å². The molecule has 1 atom stereocenters. The molecule has 0 spiro atoms. The topological polar surface area (TPSA) is 18.5 Å². The average Bonchev–Trinajstić information content (AvgIpc) is 2.48. The van der Waals surface area contributed by atoms with E-state index in [0.717, 1.165) is 44.3 Å². The van der Waals surface area contributed by atoms with Gasteiger partial charge in [-0.25, -0.2) is 0 Å². The fourth-order valence-electron chi connectivity index (χ4n) is 2.78. The van der Waals surface area contributed by atoms with Crippen molar-refractivity contribution in [1.82, 2.24) is 10.2 Å². The van der Waals surface area contributed by atoms with Crippen LogP contribution in [0.5, 0.6) is 0 Å². The van der Waals surface area contributed by atoms with Crippen LogP contribution in [0.1, 0.15) is 20.3 Å². The lowest BCUT2D eigenvalue weighted by Crippen LogP contribution is -2.50. The van der Waals surface area contributed by atoms with Gasteiger partial charge in [0.05, 0.1) is 10.7 Å². The highest BCUT2D eigenvalue weighted by molar-refractivity contribution is 6.33. The molecular weight excluding hydrogens is 270 g/mol. The number of nitrogens with one attached hydrogen (secondary N) is 1. The Bertz CT molecular complexity index is 402. The molecule has 0 aliphatic carbocycles. The van der Waals surface area contributed by atoms with Crippen LogP contribution in [0.3, 0.4) is 0 Å². The lowest BCUT2D eigenvalue weighted by Gasteiger charge is -2.39. The zero-order valence-corrected chi connectivity index (χ0v) is 13.4. The number of benzene rings is 1.